The molecule has 7 heteroatoms. The second-order valence-electron chi connectivity index (χ2n) is 8.25. The summed E-state index contributed by atoms with van der Waals surface area (Å²) >= 11 is 0. The van der Waals surface area contributed by atoms with Gasteiger partial charge in [-0.05, 0) is 25.0 Å². The van der Waals surface area contributed by atoms with Gasteiger partial charge in [-0.1, -0.05) is 60.7 Å². The summed E-state index contributed by atoms with van der Waals surface area (Å²) in [6.07, 6.45) is 0. The maximum Gasteiger partial charge on any atom is 0.276 e. The van der Waals surface area contributed by atoms with Gasteiger partial charge in [0.25, 0.3) is 5.91 Å². The molecule has 2 aromatic heterocycles. The molecular formula is C25H26N6O. The van der Waals surface area contributed by atoms with Crippen LogP contribution in [-0.4, -0.2) is 61.7 Å². The van der Waals surface area contributed by atoms with Gasteiger partial charge in [-0.15, -0.1) is 10.2 Å². The largest absolute Gasteiger partial charge is 0.335 e. The first-order valence-corrected chi connectivity index (χ1v) is 11.0. The van der Waals surface area contributed by atoms with E-state index in [1.54, 1.807) is 4.52 Å². The number of hydrogen-bond acceptors (Lipinski definition) is 5. The van der Waals surface area contributed by atoms with E-state index in [4.69, 9.17) is 0 Å². The normalized spacial score (nSPS) is 14.8. The van der Waals surface area contributed by atoms with Gasteiger partial charge < -0.3 is 4.90 Å². The topological polar surface area (TPSA) is 66.6 Å². The Morgan fingerprint density at radius 1 is 0.875 bits per heavy atom. The Kier molecular flexibility index (Phi) is 5.41. The number of aryl methyl sites for hydroxylation is 2. The van der Waals surface area contributed by atoms with Gasteiger partial charge in [0.05, 0.1) is 17.0 Å². The highest BCUT2D eigenvalue weighted by molar-refractivity contribution is 5.93. The van der Waals surface area contributed by atoms with Crippen LogP contribution in [0.2, 0.25) is 0 Å². The Bertz CT molecular complexity index is 1240. The number of fused-ring (bicyclic) bond motifs is 1. The van der Waals surface area contributed by atoms with Crippen LogP contribution in [0, 0.1) is 13.8 Å². The van der Waals surface area contributed by atoms with Crippen LogP contribution in [0.3, 0.4) is 0 Å². The van der Waals surface area contributed by atoms with Crippen molar-refractivity contribution >= 4 is 11.6 Å². The molecule has 1 amide bonds. The molecule has 0 unspecified atom stereocenters. The molecule has 4 aromatic rings. The third kappa shape index (κ3) is 3.76. The minimum absolute atomic E-state index is 0.0781. The van der Waals surface area contributed by atoms with Crippen LogP contribution in [0.4, 0.5) is 0 Å². The standard InChI is InChI=1S/C25H26N6O/c1-18-22(21-11-7-4-8-12-21)24-27-26-23(19(2)31(24)28-18)25(32)30-15-13-29(14-16-30)17-20-9-5-3-6-10-20/h3-12H,13-17H2,1-2H3. The molecule has 5 rings (SSSR count). The van der Waals surface area contributed by atoms with Gasteiger partial charge in [-0.3, -0.25) is 9.69 Å². The minimum Gasteiger partial charge on any atom is -0.335 e. The van der Waals surface area contributed by atoms with Crippen molar-refractivity contribution in [2.75, 3.05) is 26.2 Å². The average molecular weight is 427 g/mol. The van der Waals surface area contributed by atoms with Gasteiger partial charge >= 0.3 is 0 Å². The lowest BCUT2D eigenvalue weighted by Gasteiger charge is -2.34. The fourth-order valence-corrected chi connectivity index (χ4v) is 4.35. The number of carbonyl (C=O) groups is 1. The molecule has 1 aliphatic rings. The van der Waals surface area contributed by atoms with Crippen molar-refractivity contribution in [1.82, 2.24) is 29.6 Å². The third-order valence-corrected chi connectivity index (χ3v) is 6.11. The smallest absolute Gasteiger partial charge is 0.276 e. The molecular weight excluding hydrogens is 400 g/mol. The minimum atomic E-state index is -0.0781. The number of piperazine rings is 1. The Hall–Kier alpha value is -3.58. The van der Waals surface area contributed by atoms with Gasteiger partial charge in [0.1, 0.15) is 0 Å². The second-order valence-corrected chi connectivity index (χ2v) is 8.25. The molecule has 0 radical (unpaired) electrons. The zero-order valence-corrected chi connectivity index (χ0v) is 18.4. The fraction of sp³-hybridized carbons (Fsp3) is 0.280. The van der Waals surface area contributed by atoms with Crippen LogP contribution in [0.5, 0.6) is 0 Å². The third-order valence-electron chi connectivity index (χ3n) is 6.11. The number of hydrogen-bond donors (Lipinski definition) is 0. The van der Waals surface area contributed by atoms with Gasteiger partial charge in [0, 0.05) is 32.7 Å². The first-order valence-electron chi connectivity index (χ1n) is 11.0. The van der Waals surface area contributed by atoms with Crippen molar-refractivity contribution < 1.29 is 4.79 Å². The molecule has 1 fully saturated rings. The second kappa shape index (κ2) is 8.51. The van der Waals surface area contributed by atoms with Crippen molar-refractivity contribution in [3.63, 3.8) is 0 Å². The van der Waals surface area contributed by atoms with Crippen LogP contribution in [0.1, 0.15) is 27.4 Å². The van der Waals surface area contributed by atoms with E-state index in [0.717, 1.165) is 42.1 Å². The number of carbonyl (C=O) groups excluding carboxylic acids is 1. The van der Waals surface area contributed by atoms with Crippen molar-refractivity contribution in [3.8, 4) is 11.1 Å². The van der Waals surface area contributed by atoms with E-state index in [9.17, 15) is 4.79 Å². The maximum absolute atomic E-state index is 13.3. The molecule has 0 aliphatic carbocycles. The molecule has 0 N–H and O–H groups in total. The summed E-state index contributed by atoms with van der Waals surface area (Å²) in [5, 5.41) is 13.4. The lowest BCUT2D eigenvalue weighted by Crippen LogP contribution is -2.48. The lowest BCUT2D eigenvalue weighted by molar-refractivity contribution is 0.0620. The summed E-state index contributed by atoms with van der Waals surface area (Å²) in [6.45, 7) is 7.80. The first-order chi connectivity index (χ1) is 15.6. The number of nitrogens with zero attached hydrogens (tertiary/aromatic N) is 6. The van der Waals surface area contributed by atoms with Crippen molar-refractivity contribution in [3.05, 3.63) is 83.3 Å². The summed E-state index contributed by atoms with van der Waals surface area (Å²) in [5.74, 6) is -0.0781. The Morgan fingerprint density at radius 3 is 2.22 bits per heavy atom. The average Bonchev–Trinajstić information content (AvgIpc) is 3.17. The summed E-state index contributed by atoms with van der Waals surface area (Å²) < 4.78 is 1.75. The lowest BCUT2D eigenvalue weighted by atomic mass is 10.1. The summed E-state index contributed by atoms with van der Waals surface area (Å²) in [6, 6.07) is 20.5. The molecule has 1 saturated heterocycles. The van der Waals surface area contributed by atoms with E-state index in [1.165, 1.54) is 5.56 Å². The van der Waals surface area contributed by atoms with E-state index >= 15 is 0 Å². The van der Waals surface area contributed by atoms with Crippen molar-refractivity contribution in [2.45, 2.75) is 20.4 Å². The molecule has 3 heterocycles. The summed E-state index contributed by atoms with van der Waals surface area (Å²) in [5.41, 5.74) is 5.93. The highest BCUT2D eigenvalue weighted by Crippen LogP contribution is 2.27. The first kappa shape index (κ1) is 20.3. The molecule has 162 valence electrons. The molecule has 2 aromatic carbocycles. The van der Waals surface area contributed by atoms with Crippen LogP contribution in [0.25, 0.3) is 16.8 Å². The summed E-state index contributed by atoms with van der Waals surface area (Å²) in [4.78, 5) is 17.5. The Morgan fingerprint density at radius 2 is 1.53 bits per heavy atom. The van der Waals surface area contributed by atoms with Crippen LogP contribution >= 0.6 is 0 Å². The predicted octanol–water partition coefficient (Wildman–Crippen LogP) is 3.37. The molecule has 0 atom stereocenters. The quantitative estimate of drug-likeness (QED) is 0.501. The van der Waals surface area contributed by atoms with Gasteiger partial charge in [-0.2, -0.15) is 5.10 Å². The molecule has 0 spiro atoms. The molecule has 7 nitrogen and oxygen atoms in total. The van der Waals surface area contributed by atoms with E-state index in [-0.39, 0.29) is 5.91 Å². The highest BCUT2D eigenvalue weighted by atomic mass is 16.2. The number of benzene rings is 2. The number of amides is 1. The molecule has 0 bridgehead atoms. The number of aromatic nitrogens is 4. The van der Waals surface area contributed by atoms with Crippen molar-refractivity contribution in [2.24, 2.45) is 0 Å². The Labute approximate surface area is 187 Å². The SMILES string of the molecule is Cc1nn2c(C)c(C(=O)N3CCN(Cc4ccccc4)CC3)nnc2c1-c1ccccc1. The van der Waals surface area contributed by atoms with Crippen LogP contribution in [-0.2, 0) is 6.54 Å². The van der Waals surface area contributed by atoms with Crippen molar-refractivity contribution in [1.29, 1.82) is 0 Å². The predicted molar refractivity (Wildman–Crippen MR) is 123 cm³/mol. The highest BCUT2D eigenvalue weighted by Gasteiger charge is 2.26. The maximum atomic E-state index is 13.3. The zero-order chi connectivity index (χ0) is 22.1. The van der Waals surface area contributed by atoms with Crippen LogP contribution < -0.4 is 0 Å². The van der Waals surface area contributed by atoms with E-state index in [2.05, 4.69) is 44.5 Å². The van der Waals surface area contributed by atoms with E-state index in [1.807, 2.05) is 55.1 Å². The van der Waals surface area contributed by atoms with Crippen LogP contribution in [0.15, 0.2) is 60.7 Å². The number of rotatable bonds is 4. The summed E-state index contributed by atoms with van der Waals surface area (Å²) in [7, 11) is 0. The van der Waals surface area contributed by atoms with E-state index in [0.29, 0.717) is 24.4 Å². The van der Waals surface area contributed by atoms with Gasteiger partial charge in [-0.25, -0.2) is 4.52 Å². The molecule has 32 heavy (non-hydrogen) atoms. The van der Waals surface area contributed by atoms with E-state index < -0.39 is 0 Å². The Balaban J connectivity index is 1.35. The van der Waals surface area contributed by atoms with Gasteiger partial charge in [0.2, 0.25) is 0 Å². The van der Waals surface area contributed by atoms with Gasteiger partial charge in [0.15, 0.2) is 11.3 Å². The fourth-order valence-electron chi connectivity index (χ4n) is 4.35. The monoisotopic (exact) mass is 426 g/mol. The molecule has 1 aliphatic heterocycles. The molecule has 0 saturated carbocycles. The zero-order valence-electron chi connectivity index (χ0n) is 18.4.